The second-order valence-electron chi connectivity index (χ2n) is 3.02. The number of aliphatic hydroxyl groups is 1. The fourth-order valence-corrected chi connectivity index (χ4v) is 1.09. The highest BCUT2D eigenvalue weighted by Crippen LogP contribution is 2.21. The number of nitrogen functional groups attached to an aromatic ring is 1. The van der Waals surface area contributed by atoms with E-state index in [9.17, 15) is 4.39 Å². The van der Waals surface area contributed by atoms with Gasteiger partial charge in [-0.2, -0.15) is 0 Å². The van der Waals surface area contributed by atoms with Gasteiger partial charge in [-0.25, -0.2) is 4.39 Å². The van der Waals surface area contributed by atoms with Crippen LogP contribution < -0.4 is 11.5 Å². The summed E-state index contributed by atoms with van der Waals surface area (Å²) in [5, 5.41) is 9.16. The SMILES string of the molecule is C[C@H](O)[C@H](N)c1cccc(N)c1F. The van der Waals surface area contributed by atoms with E-state index in [1.54, 1.807) is 6.07 Å². The van der Waals surface area contributed by atoms with Gasteiger partial charge in [-0.15, -0.1) is 0 Å². The molecule has 3 nitrogen and oxygen atoms in total. The summed E-state index contributed by atoms with van der Waals surface area (Å²) in [5.74, 6) is -0.545. The molecule has 0 aliphatic heterocycles. The van der Waals surface area contributed by atoms with Crippen molar-refractivity contribution in [1.29, 1.82) is 0 Å². The van der Waals surface area contributed by atoms with Crippen molar-refractivity contribution in [3.05, 3.63) is 29.6 Å². The predicted octanol–water partition coefficient (Wildman–Crippen LogP) is 0.789. The summed E-state index contributed by atoms with van der Waals surface area (Å²) in [7, 11) is 0. The standard InChI is InChI=1S/C9H13FN2O/c1-5(13)9(12)6-3-2-4-7(11)8(6)10/h2-5,9,13H,11-12H2,1H3/t5-,9-/m0/s1. The van der Waals surface area contributed by atoms with Crippen LogP contribution in [0.1, 0.15) is 18.5 Å². The minimum atomic E-state index is -0.795. The van der Waals surface area contributed by atoms with Gasteiger partial charge in [-0.05, 0) is 13.0 Å². The Morgan fingerprint density at radius 3 is 2.62 bits per heavy atom. The van der Waals surface area contributed by atoms with E-state index >= 15 is 0 Å². The van der Waals surface area contributed by atoms with E-state index in [0.717, 1.165) is 0 Å². The van der Waals surface area contributed by atoms with Crippen LogP contribution in [0.5, 0.6) is 0 Å². The summed E-state index contributed by atoms with van der Waals surface area (Å²) < 4.78 is 13.3. The molecule has 0 spiro atoms. The molecular weight excluding hydrogens is 171 g/mol. The Balaban J connectivity index is 3.07. The van der Waals surface area contributed by atoms with Crippen molar-refractivity contribution in [2.45, 2.75) is 19.1 Å². The lowest BCUT2D eigenvalue weighted by atomic mass is 10.0. The first kappa shape index (κ1) is 9.95. The van der Waals surface area contributed by atoms with Crippen molar-refractivity contribution >= 4 is 5.69 Å². The van der Waals surface area contributed by atoms with Crippen LogP contribution in [-0.2, 0) is 0 Å². The topological polar surface area (TPSA) is 72.3 Å². The number of halogens is 1. The van der Waals surface area contributed by atoms with Gasteiger partial charge < -0.3 is 16.6 Å². The van der Waals surface area contributed by atoms with E-state index in [1.807, 2.05) is 0 Å². The number of hydrogen-bond acceptors (Lipinski definition) is 3. The quantitative estimate of drug-likeness (QED) is 0.595. The van der Waals surface area contributed by atoms with Gasteiger partial charge in [0.05, 0.1) is 17.8 Å². The van der Waals surface area contributed by atoms with E-state index in [1.165, 1.54) is 19.1 Å². The predicted molar refractivity (Wildman–Crippen MR) is 49.4 cm³/mol. The minimum Gasteiger partial charge on any atom is -0.396 e. The lowest BCUT2D eigenvalue weighted by Crippen LogP contribution is -2.24. The fraction of sp³-hybridized carbons (Fsp3) is 0.333. The smallest absolute Gasteiger partial charge is 0.150 e. The third kappa shape index (κ3) is 1.96. The average molecular weight is 184 g/mol. The summed E-state index contributed by atoms with van der Waals surface area (Å²) in [4.78, 5) is 0. The van der Waals surface area contributed by atoms with Gasteiger partial charge in [0.25, 0.3) is 0 Å². The minimum absolute atomic E-state index is 0.0496. The van der Waals surface area contributed by atoms with Gasteiger partial charge in [-0.3, -0.25) is 0 Å². The maximum Gasteiger partial charge on any atom is 0.150 e. The van der Waals surface area contributed by atoms with Crippen LogP contribution in [0, 0.1) is 5.82 Å². The van der Waals surface area contributed by atoms with Gasteiger partial charge in [0.2, 0.25) is 0 Å². The molecule has 0 aromatic heterocycles. The van der Waals surface area contributed by atoms with E-state index < -0.39 is 18.0 Å². The molecule has 2 atom stereocenters. The molecule has 0 aliphatic carbocycles. The third-order valence-corrected chi connectivity index (χ3v) is 1.94. The molecule has 0 saturated heterocycles. The first-order valence-electron chi connectivity index (χ1n) is 4.01. The zero-order valence-corrected chi connectivity index (χ0v) is 7.37. The number of nitrogens with two attached hydrogens (primary N) is 2. The fourth-order valence-electron chi connectivity index (χ4n) is 1.09. The molecule has 1 aromatic rings. The van der Waals surface area contributed by atoms with Crippen molar-refractivity contribution in [1.82, 2.24) is 0 Å². The Hall–Kier alpha value is -1.13. The molecule has 0 amide bonds. The van der Waals surface area contributed by atoms with Crippen molar-refractivity contribution in [2.75, 3.05) is 5.73 Å². The molecule has 72 valence electrons. The molecule has 0 bridgehead atoms. The monoisotopic (exact) mass is 184 g/mol. The van der Waals surface area contributed by atoms with Gasteiger partial charge in [0.15, 0.2) is 5.82 Å². The van der Waals surface area contributed by atoms with Crippen LogP contribution in [-0.4, -0.2) is 11.2 Å². The molecule has 5 N–H and O–H groups in total. The third-order valence-electron chi connectivity index (χ3n) is 1.94. The summed E-state index contributed by atoms with van der Waals surface area (Å²) in [6.45, 7) is 1.51. The number of anilines is 1. The largest absolute Gasteiger partial charge is 0.396 e. The van der Waals surface area contributed by atoms with Crippen molar-refractivity contribution < 1.29 is 9.50 Å². The summed E-state index contributed by atoms with van der Waals surface area (Å²) >= 11 is 0. The van der Waals surface area contributed by atoms with Crippen LogP contribution in [0.4, 0.5) is 10.1 Å². The molecule has 13 heavy (non-hydrogen) atoms. The van der Waals surface area contributed by atoms with E-state index in [2.05, 4.69) is 0 Å². The molecule has 0 heterocycles. The van der Waals surface area contributed by atoms with Crippen LogP contribution in [0.25, 0.3) is 0 Å². The summed E-state index contributed by atoms with van der Waals surface area (Å²) in [5.41, 5.74) is 11.2. The highest BCUT2D eigenvalue weighted by atomic mass is 19.1. The Bertz CT molecular complexity index is 302. The Kier molecular flexibility index (Phi) is 2.85. The van der Waals surface area contributed by atoms with Crippen LogP contribution in [0.3, 0.4) is 0 Å². The van der Waals surface area contributed by atoms with Crippen molar-refractivity contribution in [3.8, 4) is 0 Å². The maximum atomic E-state index is 13.3. The normalized spacial score (nSPS) is 15.4. The maximum absolute atomic E-state index is 13.3. The van der Waals surface area contributed by atoms with Gasteiger partial charge in [0.1, 0.15) is 0 Å². The second kappa shape index (κ2) is 3.72. The van der Waals surface area contributed by atoms with Gasteiger partial charge >= 0.3 is 0 Å². The highest BCUT2D eigenvalue weighted by molar-refractivity contribution is 5.44. The van der Waals surface area contributed by atoms with E-state index in [0.29, 0.717) is 0 Å². The Morgan fingerprint density at radius 1 is 1.46 bits per heavy atom. The average Bonchev–Trinajstić information content (AvgIpc) is 2.08. The first-order chi connectivity index (χ1) is 6.04. The van der Waals surface area contributed by atoms with Gasteiger partial charge in [-0.1, -0.05) is 12.1 Å². The molecule has 4 heteroatoms. The van der Waals surface area contributed by atoms with Crippen molar-refractivity contribution in [3.63, 3.8) is 0 Å². The van der Waals surface area contributed by atoms with Crippen molar-refractivity contribution in [2.24, 2.45) is 5.73 Å². The highest BCUT2D eigenvalue weighted by Gasteiger charge is 2.17. The number of benzene rings is 1. The molecule has 1 aromatic carbocycles. The zero-order valence-electron chi connectivity index (χ0n) is 7.37. The lowest BCUT2D eigenvalue weighted by molar-refractivity contribution is 0.162. The van der Waals surface area contributed by atoms with Gasteiger partial charge in [0, 0.05) is 5.56 Å². The number of aliphatic hydroxyl groups excluding tert-OH is 1. The Labute approximate surface area is 76.2 Å². The first-order valence-corrected chi connectivity index (χ1v) is 4.01. The lowest BCUT2D eigenvalue weighted by Gasteiger charge is -2.16. The van der Waals surface area contributed by atoms with Crippen LogP contribution in [0.15, 0.2) is 18.2 Å². The summed E-state index contributed by atoms with van der Waals surface area (Å²) in [6.07, 6.45) is -0.795. The molecule has 0 saturated carbocycles. The zero-order chi connectivity index (χ0) is 10.0. The summed E-state index contributed by atoms with van der Waals surface area (Å²) in [6, 6.07) is 3.84. The molecular formula is C9H13FN2O. The second-order valence-corrected chi connectivity index (χ2v) is 3.02. The molecule has 0 radical (unpaired) electrons. The number of rotatable bonds is 2. The molecule has 0 unspecified atom stereocenters. The van der Waals surface area contributed by atoms with Crippen LogP contribution in [0.2, 0.25) is 0 Å². The number of hydrogen-bond donors (Lipinski definition) is 3. The van der Waals surface area contributed by atoms with E-state index in [4.69, 9.17) is 16.6 Å². The molecule has 0 aliphatic rings. The van der Waals surface area contributed by atoms with E-state index in [-0.39, 0.29) is 11.3 Å². The molecule has 0 fully saturated rings. The molecule has 1 rings (SSSR count). The Morgan fingerprint density at radius 2 is 2.08 bits per heavy atom. The van der Waals surface area contributed by atoms with Crippen LogP contribution >= 0.6 is 0 Å².